The highest BCUT2D eigenvalue weighted by atomic mass is 35.5. The van der Waals surface area contributed by atoms with Gasteiger partial charge >= 0.3 is 0 Å². The van der Waals surface area contributed by atoms with E-state index in [1.165, 1.54) is 11.8 Å². The summed E-state index contributed by atoms with van der Waals surface area (Å²) in [5.41, 5.74) is 1.06. The number of nitrogens with zero attached hydrogens (tertiary/aromatic N) is 5. The summed E-state index contributed by atoms with van der Waals surface area (Å²) in [6.45, 7) is 3.42. The first-order valence-corrected chi connectivity index (χ1v) is 11.2. The molecule has 11 heteroatoms. The van der Waals surface area contributed by atoms with Crippen LogP contribution in [0.1, 0.15) is 5.56 Å². The van der Waals surface area contributed by atoms with Gasteiger partial charge in [-0.25, -0.2) is 15.0 Å². The molecular weight excluding hydrogens is 454 g/mol. The van der Waals surface area contributed by atoms with Crippen LogP contribution in [0.25, 0.3) is 0 Å². The molecule has 2 N–H and O–H groups in total. The van der Waals surface area contributed by atoms with Crippen LogP contribution in [0.5, 0.6) is 0 Å². The van der Waals surface area contributed by atoms with Crippen LogP contribution in [0.4, 0.5) is 11.8 Å². The summed E-state index contributed by atoms with van der Waals surface area (Å²) in [5.74, 6) is 1.22. The Bertz CT molecular complexity index is 1020. The molecule has 0 saturated carbocycles. The van der Waals surface area contributed by atoms with Gasteiger partial charge in [-0.2, -0.15) is 4.98 Å². The van der Waals surface area contributed by atoms with E-state index in [9.17, 15) is 0 Å². The van der Waals surface area contributed by atoms with Crippen molar-refractivity contribution in [1.82, 2.24) is 25.3 Å². The van der Waals surface area contributed by atoms with Crippen molar-refractivity contribution in [3.8, 4) is 0 Å². The SMILES string of the molecule is S=C(NCc1ccc(Cl)cc1)Nc1nc(Sc2ncccn2)cc(N2CCOCC2)n1. The number of thiocarbonyl (C=S) groups is 1. The molecule has 0 atom stereocenters. The second kappa shape index (κ2) is 10.7. The number of nitrogens with one attached hydrogen (secondary N) is 2. The van der Waals surface area contributed by atoms with Crippen molar-refractivity contribution in [3.63, 3.8) is 0 Å². The fraction of sp³-hybridized carbons (Fsp3) is 0.250. The van der Waals surface area contributed by atoms with Crippen molar-refractivity contribution in [2.75, 3.05) is 36.5 Å². The number of hydrogen-bond acceptors (Lipinski definition) is 8. The first-order valence-electron chi connectivity index (χ1n) is 9.62. The van der Waals surface area contributed by atoms with E-state index in [4.69, 9.17) is 28.6 Å². The Labute approximate surface area is 194 Å². The van der Waals surface area contributed by atoms with Crippen molar-refractivity contribution in [1.29, 1.82) is 0 Å². The van der Waals surface area contributed by atoms with Crippen molar-refractivity contribution >= 4 is 52.5 Å². The van der Waals surface area contributed by atoms with E-state index >= 15 is 0 Å². The number of anilines is 2. The Morgan fingerprint density at radius 1 is 1.13 bits per heavy atom. The van der Waals surface area contributed by atoms with E-state index in [-0.39, 0.29) is 0 Å². The normalized spacial score (nSPS) is 13.6. The highest BCUT2D eigenvalue weighted by Gasteiger charge is 2.16. The van der Waals surface area contributed by atoms with Crippen molar-refractivity contribution < 1.29 is 4.74 Å². The zero-order chi connectivity index (χ0) is 21.5. The summed E-state index contributed by atoms with van der Waals surface area (Å²) in [7, 11) is 0. The quantitative estimate of drug-likeness (QED) is 0.315. The van der Waals surface area contributed by atoms with E-state index in [0.717, 1.165) is 29.5 Å². The van der Waals surface area contributed by atoms with Gasteiger partial charge in [-0.1, -0.05) is 23.7 Å². The highest BCUT2D eigenvalue weighted by Crippen LogP contribution is 2.27. The van der Waals surface area contributed by atoms with Gasteiger partial charge in [0.2, 0.25) is 5.95 Å². The molecule has 31 heavy (non-hydrogen) atoms. The largest absolute Gasteiger partial charge is 0.378 e. The minimum Gasteiger partial charge on any atom is -0.378 e. The lowest BCUT2D eigenvalue weighted by Crippen LogP contribution is -2.37. The lowest BCUT2D eigenvalue weighted by molar-refractivity contribution is 0.122. The molecule has 8 nitrogen and oxygen atoms in total. The number of morpholine rings is 1. The number of hydrogen-bond donors (Lipinski definition) is 2. The van der Waals surface area contributed by atoms with Crippen LogP contribution in [0.15, 0.2) is 59.0 Å². The second-order valence-corrected chi connectivity index (χ2v) is 8.39. The van der Waals surface area contributed by atoms with Crippen molar-refractivity contribution in [2.24, 2.45) is 0 Å². The molecule has 0 bridgehead atoms. The summed E-state index contributed by atoms with van der Waals surface area (Å²) in [6, 6.07) is 11.3. The first-order chi connectivity index (χ1) is 15.2. The maximum Gasteiger partial charge on any atom is 0.232 e. The number of ether oxygens (including phenoxy) is 1. The van der Waals surface area contributed by atoms with Crippen LogP contribution in [-0.4, -0.2) is 51.4 Å². The molecule has 0 amide bonds. The molecule has 2 aromatic heterocycles. The minimum absolute atomic E-state index is 0.413. The maximum atomic E-state index is 5.94. The fourth-order valence-electron chi connectivity index (χ4n) is 2.84. The van der Waals surface area contributed by atoms with Gasteiger partial charge in [0, 0.05) is 43.1 Å². The van der Waals surface area contributed by atoms with E-state index in [0.29, 0.717) is 41.0 Å². The van der Waals surface area contributed by atoms with E-state index in [2.05, 4.69) is 35.5 Å². The molecule has 3 heterocycles. The van der Waals surface area contributed by atoms with Crippen molar-refractivity contribution in [3.05, 3.63) is 59.4 Å². The lowest BCUT2D eigenvalue weighted by Gasteiger charge is -2.28. The molecular formula is C20H20ClN7OS2. The molecule has 0 spiro atoms. The molecule has 160 valence electrons. The monoisotopic (exact) mass is 473 g/mol. The van der Waals surface area contributed by atoms with Crippen LogP contribution < -0.4 is 15.5 Å². The number of halogens is 1. The average Bonchev–Trinajstić information content (AvgIpc) is 2.80. The molecule has 1 saturated heterocycles. The summed E-state index contributed by atoms with van der Waals surface area (Å²) >= 11 is 12.7. The molecule has 1 aliphatic rings. The fourth-order valence-corrected chi connectivity index (χ4v) is 3.84. The lowest BCUT2D eigenvalue weighted by atomic mass is 10.2. The third-order valence-corrected chi connectivity index (χ3v) is 5.66. The zero-order valence-corrected chi connectivity index (χ0v) is 18.9. The molecule has 3 aromatic rings. The number of rotatable bonds is 6. The Morgan fingerprint density at radius 3 is 2.61 bits per heavy atom. The second-order valence-electron chi connectivity index (χ2n) is 6.55. The zero-order valence-electron chi connectivity index (χ0n) is 16.5. The van der Waals surface area contributed by atoms with Gasteiger partial charge in [0.05, 0.1) is 13.2 Å². The Kier molecular flexibility index (Phi) is 7.47. The van der Waals surface area contributed by atoms with E-state index < -0.39 is 0 Å². The van der Waals surface area contributed by atoms with Gasteiger partial charge in [-0.15, -0.1) is 0 Å². The molecule has 4 rings (SSSR count). The first kappa shape index (κ1) is 21.7. The summed E-state index contributed by atoms with van der Waals surface area (Å²) in [4.78, 5) is 19.9. The van der Waals surface area contributed by atoms with Crippen LogP contribution in [-0.2, 0) is 11.3 Å². The highest BCUT2D eigenvalue weighted by molar-refractivity contribution is 7.99. The van der Waals surface area contributed by atoms with Crippen LogP contribution in [0, 0.1) is 0 Å². The predicted molar refractivity (Wildman–Crippen MR) is 126 cm³/mol. The van der Waals surface area contributed by atoms with Gasteiger partial charge in [0.15, 0.2) is 10.3 Å². The number of aromatic nitrogens is 4. The Balaban J connectivity index is 1.48. The third kappa shape index (κ3) is 6.47. The van der Waals surface area contributed by atoms with Crippen LogP contribution >= 0.6 is 35.6 Å². The molecule has 0 unspecified atom stereocenters. The molecule has 1 aromatic carbocycles. The summed E-state index contributed by atoms with van der Waals surface area (Å²) in [6.07, 6.45) is 3.41. The van der Waals surface area contributed by atoms with Gasteiger partial charge in [0.1, 0.15) is 10.8 Å². The van der Waals surface area contributed by atoms with Crippen LogP contribution in [0.2, 0.25) is 5.02 Å². The molecule has 1 aliphatic heterocycles. The third-order valence-electron chi connectivity index (χ3n) is 4.35. The van der Waals surface area contributed by atoms with Gasteiger partial charge < -0.3 is 20.3 Å². The number of benzene rings is 1. The minimum atomic E-state index is 0.413. The standard InChI is InChI=1S/C20H20ClN7OS2/c21-15-4-2-14(3-5-15)13-24-19(30)27-18-25-16(28-8-10-29-11-9-28)12-17(26-18)31-20-22-6-1-7-23-20/h1-7,12H,8-11,13H2,(H2,24,25,26,27,30). The van der Waals surface area contributed by atoms with Gasteiger partial charge in [-0.3, -0.25) is 0 Å². The predicted octanol–water partition coefficient (Wildman–Crippen LogP) is 3.39. The van der Waals surface area contributed by atoms with Crippen LogP contribution in [0.3, 0.4) is 0 Å². The van der Waals surface area contributed by atoms with E-state index in [1.807, 2.05) is 30.3 Å². The van der Waals surface area contributed by atoms with Gasteiger partial charge in [0.25, 0.3) is 0 Å². The average molecular weight is 474 g/mol. The van der Waals surface area contributed by atoms with Gasteiger partial charge in [-0.05, 0) is 47.7 Å². The maximum absolute atomic E-state index is 5.94. The Morgan fingerprint density at radius 2 is 1.87 bits per heavy atom. The summed E-state index contributed by atoms with van der Waals surface area (Å²) < 4.78 is 5.46. The summed E-state index contributed by atoms with van der Waals surface area (Å²) in [5, 5.41) is 8.73. The molecule has 1 fully saturated rings. The van der Waals surface area contributed by atoms with Crippen molar-refractivity contribution in [2.45, 2.75) is 16.7 Å². The molecule has 0 aliphatic carbocycles. The Hall–Kier alpha value is -2.53. The topological polar surface area (TPSA) is 88.1 Å². The molecule has 0 radical (unpaired) electrons. The smallest absolute Gasteiger partial charge is 0.232 e. The van der Waals surface area contributed by atoms with E-state index in [1.54, 1.807) is 18.5 Å².